The quantitative estimate of drug-likeness (QED) is 0.898. The molecule has 0 radical (unpaired) electrons. The summed E-state index contributed by atoms with van der Waals surface area (Å²) in [5.74, 6) is 1.16. The Bertz CT molecular complexity index is 777. The number of fused-ring (bicyclic) bond motifs is 3. The van der Waals surface area contributed by atoms with Crippen molar-refractivity contribution >= 4 is 22.6 Å². The molecule has 4 rings (SSSR count). The molecule has 2 aliphatic heterocycles. The van der Waals surface area contributed by atoms with Gasteiger partial charge in [-0.2, -0.15) is 0 Å². The molecule has 0 aliphatic carbocycles. The minimum absolute atomic E-state index is 0.00146. The molecule has 3 heterocycles. The van der Waals surface area contributed by atoms with Gasteiger partial charge in [0.15, 0.2) is 0 Å². The number of amides is 1. The van der Waals surface area contributed by atoms with E-state index in [9.17, 15) is 4.79 Å². The van der Waals surface area contributed by atoms with Gasteiger partial charge in [-0.05, 0) is 43.9 Å². The van der Waals surface area contributed by atoms with Gasteiger partial charge in [0.2, 0.25) is 5.91 Å². The average molecular weight is 342 g/mol. The minimum Gasteiger partial charge on any atom is -0.381 e. The van der Waals surface area contributed by atoms with Crippen molar-refractivity contribution in [3.05, 3.63) is 24.0 Å². The number of carbonyl (C=O) groups excluding carboxylic acids is 1. The second kappa shape index (κ2) is 6.77. The number of hydrogen-bond donors (Lipinski definition) is 2. The van der Waals surface area contributed by atoms with Gasteiger partial charge in [0.05, 0.1) is 16.4 Å². The predicted octanol–water partition coefficient (Wildman–Crippen LogP) is 2.46. The molecule has 3 N–H and O–H groups in total. The lowest BCUT2D eigenvalue weighted by molar-refractivity contribution is -0.130. The molecule has 0 unspecified atom stereocenters. The SMILES string of the molecule is NCC1(C(=O)Nc2ccc3c(c2)nc2n3CCCCC2)CCOCC1. The number of imidazole rings is 1. The fourth-order valence-electron chi connectivity index (χ4n) is 3.98. The maximum atomic E-state index is 12.8. The summed E-state index contributed by atoms with van der Waals surface area (Å²) >= 11 is 0. The molecule has 2 aromatic rings. The summed E-state index contributed by atoms with van der Waals surface area (Å²) in [5, 5.41) is 3.06. The Labute approximate surface area is 147 Å². The zero-order valence-corrected chi connectivity index (χ0v) is 14.6. The van der Waals surface area contributed by atoms with Gasteiger partial charge in [0.1, 0.15) is 5.82 Å². The van der Waals surface area contributed by atoms with E-state index in [2.05, 4.69) is 16.0 Å². The molecule has 0 saturated carbocycles. The lowest BCUT2D eigenvalue weighted by Gasteiger charge is -2.34. The van der Waals surface area contributed by atoms with Crippen LogP contribution in [0, 0.1) is 5.41 Å². The molecule has 25 heavy (non-hydrogen) atoms. The predicted molar refractivity (Wildman–Crippen MR) is 97.5 cm³/mol. The van der Waals surface area contributed by atoms with Crippen molar-refractivity contribution in [2.24, 2.45) is 11.1 Å². The van der Waals surface area contributed by atoms with Crippen LogP contribution in [0.25, 0.3) is 11.0 Å². The van der Waals surface area contributed by atoms with Crippen molar-refractivity contribution < 1.29 is 9.53 Å². The summed E-state index contributed by atoms with van der Waals surface area (Å²) in [4.78, 5) is 17.6. The maximum Gasteiger partial charge on any atom is 0.232 e. The fourth-order valence-corrected chi connectivity index (χ4v) is 3.98. The number of nitrogens with two attached hydrogens (primary N) is 1. The Hall–Kier alpha value is -1.92. The van der Waals surface area contributed by atoms with E-state index in [1.165, 1.54) is 25.1 Å². The van der Waals surface area contributed by atoms with Crippen LogP contribution in [0.4, 0.5) is 5.69 Å². The van der Waals surface area contributed by atoms with Gasteiger partial charge in [-0.25, -0.2) is 4.98 Å². The molecule has 2 aliphatic rings. The summed E-state index contributed by atoms with van der Waals surface area (Å²) < 4.78 is 7.72. The minimum atomic E-state index is -0.515. The second-order valence-corrected chi connectivity index (χ2v) is 7.24. The number of nitrogens with one attached hydrogen (secondary N) is 1. The van der Waals surface area contributed by atoms with Crippen LogP contribution in [-0.2, 0) is 22.5 Å². The van der Waals surface area contributed by atoms with Crippen LogP contribution < -0.4 is 11.1 Å². The Balaban J connectivity index is 1.58. The Morgan fingerprint density at radius 1 is 1.28 bits per heavy atom. The second-order valence-electron chi connectivity index (χ2n) is 7.24. The standard InChI is InChI=1S/C19H26N4O2/c20-13-19(7-10-25-11-8-19)18(24)21-14-5-6-16-15(12-14)22-17-4-2-1-3-9-23(16)17/h5-6,12H,1-4,7-11,13,20H2,(H,21,24). The van der Waals surface area contributed by atoms with Crippen LogP contribution in [0.1, 0.15) is 37.9 Å². The first-order valence-electron chi connectivity index (χ1n) is 9.30. The summed E-state index contributed by atoms with van der Waals surface area (Å²) in [7, 11) is 0. The van der Waals surface area contributed by atoms with Crippen LogP contribution in [0.3, 0.4) is 0 Å². The molecule has 1 amide bonds. The van der Waals surface area contributed by atoms with E-state index in [1.807, 2.05) is 12.1 Å². The monoisotopic (exact) mass is 342 g/mol. The van der Waals surface area contributed by atoms with Crippen LogP contribution in [0.2, 0.25) is 0 Å². The van der Waals surface area contributed by atoms with Crippen molar-refractivity contribution in [2.75, 3.05) is 25.1 Å². The summed E-state index contributed by atoms with van der Waals surface area (Å²) in [5.41, 5.74) is 8.34. The smallest absolute Gasteiger partial charge is 0.232 e. The molecule has 6 heteroatoms. The molecule has 1 aromatic heterocycles. The highest BCUT2D eigenvalue weighted by molar-refractivity contribution is 5.97. The number of nitrogens with zero attached hydrogens (tertiary/aromatic N) is 2. The summed E-state index contributed by atoms with van der Waals surface area (Å²) in [6.07, 6.45) is 6.06. The van der Waals surface area contributed by atoms with Gasteiger partial charge >= 0.3 is 0 Å². The molecule has 1 fully saturated rings. The number of aryl methyl sites for hydroxylation is 2. The van der Waals surface area contributed by atoms with Gasteiger partial charge in [0.25, 0.3) is 0 Å². The number of hydrogen-bond acceptors (Lipinski definition) is 4. The maximum absolute atomic E-state index is 12.8. The Morgan fingerprint density at radius 2 is 2.12 bits per heavy atom. The molecular formula is C19H26N4O2. The molecule has 6 nitrogen and oxygen atoms in total. The van der Waals surface area contributed by atoms with Crippen molar-refractivity contribution in [1.29, 1.82) is 0 Å². The molecular weight excluding hydrogens is 316 g/mol. The highest BCUT2D eigenvalue weighted by Crippen LogP contribution is 2.31. The number of aromatic nitrogens is 2. The van der Waals surface area contributed by atoms with Crippen LogP contribution in [0.15, 0.2) is 18.2 Å². The van der Waals surface area contributed by atoms with E-state index in [0.717, 1.165) is 29.7 Å². The number of anilines is 1. The highest BCUT2D eigenvalue weighted by atomic mass is 16.5. The highest BCUT2D eigenvalue weighted by Gasteiger charge is 2.38. The van der Waals surface area contributed by atoms with Gasteiger partial charge in [-0.3, -0.25) is 4.79 Å². The van der Waals surface area contributed by atoms with Crippen molar-refractivity contribution in [3.63, 3.8) is 0 Å². The Morgan fingerprint density at radius 3 is 2.92 bits per heavy atom. The van der Waals surface area contributed by atoms with E-state index >= 15 is 0 Å². The molecule has 134 valence electrons. The Kier molecular flexibility index (Phi) is 4.48. The third-order valence-electron chi connectivity index (χ3n) is 5.69. The van der Waals surface area contributed by atoms with Gasteiger partial charge < -0.3 is 20.4 Å². The fraction of sp³-hybridized carbons (Fsp3) is 0.579. The largest absolute Gasteiger partial charge is 0.381 e. The number of rotatable bonds is 3. The summed E-state index contributed by atoms with van der Waals surface area (Å²) in [6.45, 7) is 2.58. The van der Waals surface area contributed by atoms with Gasteiger partial charge in [-0.1, -0.05) is 6.42 Å². The number of carbonyl (C=O) groups is 1. The van der Waals surface area contributed by atoms with Crippen molar-refractivity contribution in [3.8, 4) is 0 Å². The van der Waals surface area contributed by atoms with Gasteiger partial charge in [0, 0.05) is 38.4 Å². The van der Waals surface area contributed by atoms with Crippen LogP contribution in [0.5, 0.6) is 0 Å². The third kappa shape index (κ3) is 3.04. The molecule has 0 atom stereocenters. The van der Waals surface area contributed by atoms with E-state index in [0.29, 0.717) is 32.6 Å². The normalized spacial score (nSPS) is 20.0. The van der Waals surface area contributed by atoms with Crippen LogP contribution >= 0.6 is 0 Å². The zero-order valence-electron chi connectivity index (χ0n) is 14.6. The van der Waals surface area contributed by atoms with E-state index in [-0.39, 0.29) is 5.91 Å². The molecule has 0 spiro atoms. The average Bonchev–Trinajstić information content (AvgIpc) is 2.82. The third-order valence-corrected chi connectivity index (χ3v) is 5.69. The van der Waals surface area contributed by atoms with Gasteiger partial charge in [-0.15, -0.1) is 0 Å². The number of ether oxygens (including phenoxy) is 1. The van der Waals surface area contributed by atoms with E-state index in [1.54, 1.807) is 0 Å². The first-order valence-corrected chi connectivity index (χ1v) is 9.30. The summed E-state index contributed by atoms with van der Waals surface area (Å²) in [6, 6.07) is 6.04. The number of benzene rings is 1. The topological polar surface area (TPSA) is 82.2 Å². The van der Waals surface area contributed by atoms with Crippen molar-refractivity contribution in [1.82, 2.24) is 9.55 Å². The lowest BCUT2D eigenvalue weighted by atomic mass is 9.79. The van der Waals surface area contributed by atoms with Crippen LogP contribution in [-0.4, -0.2) is 35.2 Å². The van der Waals surface area contributed by atoms with Crippen molar-refractivity contribution in [2.45, 2.75) is 45.1 Å². The zero-order chi connectivity index (χ0) is 17.3. The van der Waals surface area contributed by atoms with E-state index in [4.69, 9.17) is 15.5 Å². The molecule has 1 aromatic carbocycles. The van der Waals surface area contributed by atoms with E-state index < -0.39 is 5.41 Å². The first-order chi connectivity index (χ1) is 12.2. The molecule has 0 bridgehead atoms. The molecule has 1 saturated heterocycles. The first kappa shape index (κ1) is 16.5. The lowest BCUT2D eigenvalue weighted by Crippen LogP contribution is -2.46.